The van der Waals surface area contributed by atoms with Crippen molar-refractivity contribution in [2.75, 3.05) is 13.2 Å². The van der Waals surface area contributed by atoms with Gasteiger partial charge in [-0.3, -0.25) is 4.74 Å². The van der Waals surface area contributed by atoms with E-state index in [4.69, 9.17) is 9.47 Å². The lowest BCUT2D eigenvalue weighted by molar-refractivity contribution is -0.358. The molecule has 0 aromatic carbocycles. The molecule has 0 radical (unpaired) electrons. The molecule has 0 aromatic heterocycles. The zero-order valence-corrected chi connectivity index (χ0v) is 10.8. The molecule has 3 nitrogen and oxygen atoms in total. The van der Waals surface area contributed by atoms with Crippen LogP contribution in [0.25, 0.3) is 0 Å². The molecule has 1 atom stereocenters. The molecule has 1 aliphatic heterocycles. The lowest BCUT2D eigenvalue weighted by Crippen LogP contribution is -2.46. The molecule has 0 spiro atoms. The van der Waals surface area contributed by atoms with Crippen LogP contribution in [-0.4, -0.2) is 43.8 Å². The highest BCUT2D eigenvalue weighted by atomic mass is 19.4. The third-order valence-corrected chi connectivity index (χ3v) is 3.51. The third kappa shape index (κ3) is 4.53. The Labute approximate surface area is 113 Å². The molecule has 1 saturated heterocycles. The van der Waals surface area contributed by atoms with Crippen molar-refractivity contribution in [1.29, 1.82) is 0 Å². The molecule has 1 heterocycles. The summed E-state index contributed by atoms with van der Waals surface area (Å²) >= 11 is 0. The first-order valence-corrected chi connectivity index (χ1v) is 6.62. The highest BCUT2D eigenvalue weighted by Crippen LogP contribution is 2.34. The summed E-state index contributed by atoms with van der Waals surface area (Å²) in [6, 6.07) is 0. The Morgan fingerprint density at radius 3 is 2.25 bits per heavy atom. The van der Waals surface area contributed by atoms with Crippen LogP contribution in [0.4, 0.5) is 22.0 Å². The first-order chi connectivity index (χ1) is 9.26. The van der Waals surface area contributed by atoms with Crippen LogP contribution >= 0.6 is 0 Å². The SMILES string of the molecule is FC(F)(F)OC1CC(OCC(F)(F)C2CCCCO2)C1. The summed E-state index contributed by atoms with van der Waals surface area (Å²) in [7, 11) is 0. The Kier molecular flexibility index (Phi) is 4.86. The lowest BCUT2D eigenvalue weighted by Gasteiger charge is -2.37. The largest absolute Gasteiger partial charge is 0.522 e. The molecule has 118 valence electrons. The molecule has 2 aliphatic rings. The monoisotopic (exact) mass is 304 g/mol. The zero-order chi connectivity index (χ0) is 14.8. The average molecular weight is 304 g/mol. The maximum Gasteiger partial charge on any atom is 0.522 e. The highest BCUT2D eigenvalue weighted by molar-refractivity contribution is 4.85. The molecule has 20 heavy (non-hydrogen) atoms. The van der Waals surface area contributed by atoms with Crippen LogP contribution in [0.5, 0.6) is 0 Å². The highest BCUT2D eigenvalue weighted by Gasteiger charge is 2.45. The number of ether oxygens (including phenoxy) is 3. The van der Waals surface area contributed by atoms with Crippen molar-refractivity contribution in [3.05, 3.63) is 0 Å². The minimum Gasteiger partial charge on any atom is -0.372 e. The number of alkyl halides is 5. The van der Waals surface area contributed by atoms with Gasteiger partial charge in [0.25, 0.3) is 5.92 Å². The van der Waals surface area contributed by atoms with Crippen LogP contribution in [0.15, 0.2) is 0 Å². The van der Waals surface area contributed by atoms with Crippen molar-refractivity contribution in [2.24, 2.45) is 0 Å². The van der Waals surface area contributed by atoms with Crippen molar-refractivity contribution >= 4 is 0 Å². The molecule has 1 saturated carbocycles. The van der Waals surface area contributed by atoms with Gasteiger partial charge in [0, 0.05) is 19.4 Å². The van der Waals surface area contributed by atoms with Gasteiger partial charge in [-0.15, -0.1) is 13.2 Å². The van der Waals surface area contributed by atoms with E-state index in [2.05, 4.69) is 4.74 Å². The van der Waals surface area contributed by atoms with E-state index in [1.54, 1.807) is 0 Å². The van der Waals surface area contributed by atoms with E-state index in [1.807, 2.05) is 0 Å². The van der Waals surface area contributed by atoms with Gasteiger partial charge in [-0.2, -0.15) is 0 Å². The number of hydrogen-bond donors (Lipinski definition) is 0. The first kappa shape index (κ1) is 15.9. The fourth-order valence-corrected chi connectivity index (χ4v) is 2.33. The number of hydrogen-bond acceptors (Lipinski definition) is 3. The molecule has 0 bridgehead atoms. The van der Waals surface area contributed by atoms with E-state index in [0.717, 1.165) is 6.42 Å². The summed E-state index contributed by atoms with van der Waals surface area (Å²) in [5.74, 6) is -3.10. The Balaban J connectivity index is 1.66. The van der Waals surface area contributed by atoms with Gasteiger partial charge in [-0.1, -0.05) is 0 Å². The maximum atomic E-state index is 13.7. The normalized spacial score (nSPS) is 31.9. The summed E-state index contributed by atoms with van der Waals surface area (Å²) in [6.07, 6.45) is -5.72. The third-order valence-electron chi connectivity index (χ3n) is 3.51. The number of halogens is 5. The van der Waals surface area contributed by atoms with Crippen LogP contribution < -0.4 is 0 Å². The zero-order valence-electron chi connectivity index (χ0n) is 10.8. The topological polar surface area (TPSA) is 27.7 Å². The van der Waals surface area contributed by atoms with Crippen molar-refractivity contribution in [1.82, 2.24) is 0 Å². The summed E-state index contributed by atoms with van der Waals surface area (Å²) in [5.41, 5.74) is 0. The van der Waals surface area contributed by atoms with Crippen LogP contribution in [0.3, 0.4) is 0 Å². The summed E-state index contributed by atoms with van der Waals surface area (Å²) in [4.78, 5) is 0. The Morgan fingerprint density at radius 2 is 1.70 bits per heavy atom. The summed E-state index contributed by atoms with van der Waals surface area (Å²) in [5, 5.41) is 0. The van der Waals surface area contributed by atoms with Crippen molar-refractivity contribution in [2.45, 2.75) is 62.7 Å². The van der Waals surface area contributed by atoms with Gasteiger partial charge in [-0.05, 0) is 19.3 Å². The fraction of sp³-hybridized carbons (Fsp3) is 1.00. The van der Waals surface area contributed by atoms with Gasteiger partial charge in [0.2, 0.25) is 0 Å². The molecule has 1 aliphatic carbocycles. The molecule has 2 rings (SSSR count). The standard InChI is InChI=1S/C12H17F5O3/c13-11(14,10-3-1-2-4-18-10)7-19-8-5-9(6-8)20-12(15,16)17/h8-10H,1-7H2. The molecular formula is C12H17F5O3. The quantitative estimate of drug-likeness (QED) is 0.730. The van der Waals surface area contributed by atoms with Crippen LogP contribution in [-0.2, 0) is 14.2 Å². The second-order valence-electron chi connectivity index (χ2n) is 5.21. The number of rotatable bonds is 5. The first-order valence-electron chi connectivity index (χ1n) is 6.62. The molecule has 0 amide bonds. The van der Waals surface area contributed by atoms with Crippen LogP contribution in [0, 0.1) is 0 Å². The maximum absolute atomic E-state index is 13.7. The summed E-state index contributed by atoms with van der Waals surface area (Å²) in [6.45, 7) is -0.508. The molecule has 2 fully saturated rings. The van der Waals surface area contributed by atoms with E-state index in [0.29, 0.717) is 13.0 Å². The second kappa shape index (κ2) is 6.11. The molecule has 8 heteroatoms. The molecular weight excluding hydrogens is 287 g/mol. The lowest BCUT2D eigenvalue weighted by atomic mass is 9.92. The average Bonchev–Trinajstić information content (AvgIpc) is 2.32. The van der Waals surface area contributed by atoms with Crippen LogP contribution in [0.2, 0.25) is 0 Å². The van der Waals surface area contributed by atoms with E-state index in [9.17, 15) is 22.0 Å². The van der Waals surface area contributed by atoms with E-state index < -0.39 is 37.2 Å². The van der Waals surface area contributed by atoms with E-state index in [1.165, 1.54) is 0 Å². The minimum atomic E-state index is -4.69. The van der Waals surface area contributed by atoms with Crippen molar-refractivity contribution < 1.29 is 36.2 Å². The Morgan fingerprint density at radius 1 is 1.00 bits per heavy atom. The predicted molar refractivity (Wildman–Crippen MR) is 58.4 cm³/mol. The summed E-state index contributed by atoms with van der Waals surface area (Å²) < 4.78 is 76.8. The Hall–Kier alpha value is -0.470. The molecule has 0 N–H and O–H groups in total. The van der Waals surface area contributed by atoms with Gasteiger partial charge in [-0.25, -0.2) is 8.78 Å². The van der Waals surface area contributed by atoms with Gasteiger partial charge in [0.05, 0.1) is 12.2 Å². The smallest absolute Gasteiger partial charge is 0.372 e. The second-order valence-corrected chi connectivity index (χ2v) is 5.21. The van der Waals surface area contributed by atoms with E-state index >= 15 is 0 Å². The Bertz CT molecular complexity index is 309. The van der Waals surface area contributed by atoms with Gasteiger partial charge in [0.1, 0.15) is 12.7 Å². The van der Waals surface area contributed by atoms with Gasteiger partial charge >= 0.3 is 6.36 Å². The fourth-order valence-electron chi connectivity index (χ4n) is 2.33. The van der Waals surface area contributed by atoms with Crippen LogP contribution in [0.1, 0.15) is 32.1 Å². The van der Waals surface area contributed by atoms with Gasteiger partial charge < -0.3 is 9.47 Å². The van der Waals surface area contributed by atoms with Crippen molar-refractivity contribution in [3.63, 3.8) is 0 Å². The molecule has 0 aromatic rings. The van der Waals surface area contributed by atoms with Crippen molar-refractivity contribution in [3.8, 4) is 0 Å². The van der Waals surface area contributed by atoms with Gasteiger partial charge in [0.15, 0.2) is 0 Å². The molecule has 1 unspecified atom stereocenters. The van der Waals surface area contributed by atoms with E-state index in [-0.39, 0.29) is 19.3 Å². The predicted octanol–water partition coefficient (Wildman–Crippen LogP) is 3.27. The minimum absolute atomic E-state index is 0.0128.